The zero-order chi connectivity index (χ0) is 15.2. The van der Waals surface area contributed by atoms with Crippen molar-refractivity contribution in [3.8, 4) is 5.75 Å². The number of nitrogens with two attached hydrogens (primary N) is 1. The van der Waals surface area contributed by atoms with Crippen LogP contribution in [0.3, 0.4) is 0 Å². The second kappa shape index (κ2) is 6.90. The first-order valence-electron chi connectivity index (χ1n) is 6.20. The summed E-state index contributed by atoms with van der Waals surface area (Å²) in [6.07, 6.45) is 2.78. The summed E-state index contributed by atoms with van der Waals surface area (Å²) >= 11 is 5.94. The fourth-order valence-electron chi connectivity index (χ4n) is 1.74. The normalized spacial score (nSPS) is 10.8. The maximum absolute atomic E-state index is 13.7. The van der Waals surface area contributed by atoms with Crippen molar-refractivity contribution in [3.05, 3.63) is 70.5 Å². The van der Waals surface area contributed by atoms with Gasteiger partial charge in [0, 0.05) is 17.2 Å². The summed E-state index contributed by atoms with van der Waals surface area (Å²) in [6.45, 7) is -0.00701. The van der Waals surface area contributed by atoms with Gasteiger partial charge in [0.05, 0.1) is 5.02 Å². The zero-order valence-electron chi connectivity index (χ0n) is 11.1. The molecule has 0 aliphatic heterocycles. The maximum Gasteiger partial charge on any atom is 0.241 e. The number of ether oxygens (including phenoxy) is 1. The molecule has 0 heterocycles. The van der Waals surface area contributed by atoms with Crippen LogP contribution in [0.1, 0.15) is 11.1 Å². The average Bonchev–Trinajstić information content (AvgIpc) is 2.45. The third kappa shape index (κ3) is 4.07. The Hall–Kier alpha value is -2.33. The molecule has 108 valence electrons. The molecule has 0 saturated carbocycles. The number of benzene rings is 2. The molecular formula is C16H13ClFNO2. The van der Waals surface area contributed by atoms with Crippen molar-refractivity contribution in [2.24, 2.45) is 5.73 Å². The van der Waals surface area contributed by atoms with E-state index in [-0.39, 0.29) is 12.2 Å². The van der Waals surface area contributed by atoms with Gasteiger partial charge in [-0.15, -0.1) is 0 Å². The highest BCUT2D eigenvalue weighted by atomic mass is 35.5. The number of amides is 1. The van der Waals surface area contributed by atoms with Crippen molar-refractivity contribution < 1.29 is 13.9 Å². The first-order valence-corrected chi connectivity index (χ1v) is 6.58. The monoisotopic (exact) mass is 305 g/mol. The molecule has 2 aromatic carbocycles. The molecule has 0 bridgehead atoms. The van der Waals surface area contributed by atoms with Gasteiger partial charge in [0.25, 0.3) is 0 Å². The van der Waals surface area contributed by atoms with Gasteiger partial charge in [0.15, 0.2) is 0 Å². The van der Waals surface area contributed by atoms with Crippen LogP contribution in [0, 0.1) is 5.82 Å². The number of carbonyl (C=O) groups is 1. The van der Waals surface area contributed by atoms with E-state index >= 15 is 0 Å². The van der Waals surface area contributed by atoms with Gasteiger partial charge in [-0.1, -0.05) is 35.9 Å². The average molecular weight is 306 g/mol. The van der Waals surface area contributed by atoms with Crippen LogP contribution in [-0.4, -0.2) is 5.91 Å². The Kier molecular flexibility index (Phi) is 4.95. The standard InChI is InChI=1S/C16H13ClFNO2/c17-13-5-3-6-14(18)12(13)10-21-15-7-2-1-4-11(15)8-9-16(19)20/h1-9H,10H2,(H2,19,20)/b9-8-. The summed E-state index contributed by atoms with van der Waals surface area (Å²) in [5.74, 6) is -0.469. The van der Waals surface area contributed by atoms with Gasteiger partial charge in [-0.3, -0.25) is 4.79 Å². The molecule has 0 aliphatic carbocycles. The largest absolute Gasteiger partial charge is 0.488 e. The van der Waals surface area contributed by atoms with Gasteiger partial charge < -0.3 is 10.5 Å². The van der Waals surface area contributed by atoms with Crippen LogP contribution in [0.25, 0.3) is 6.08 Å². The van der Waals surface area contributed by atoms with Crippen LogP contribution >= 0.6 is 11.6 Å². The highest BCUT2D eigenvalue weighted by Crippen LogP contribution is 2.24. The Morgan fingerprint density at radius 3 is 2.71 bits per heavy atom. The minimum Gasteiger partial charge on any atom is -0.488 e. The Bertz CT molecular complexity index is 665. The molecular weight excluding hydrogens is 293 g/mol. The molecule has 3 nitrogen and oxygen atoms in total. The van der Waals surface area contributed by atoms with E-state index < -0.39 is 11.7 Å². The van der Waals surface area contributed by atoms with Crippen molar-refractivity contribution in [3.63, 3.8) is 0 Å². The summed E-state index contributed by atoms with van der Waals surface area (Å²) in [5, 5.41) is 0.306. The van der Waals surface area contributed by atoms with E-state index in [4.69, 9.17) is 22.1 Å². The van der Waals surface area contributed by atoms with Crippen molar-refractivity contribution in [1.82, 2.24) is 0 Å². The molecule has 0 aliphatic rings. The van der Waals surface area contributed by atoms with E-state index in [9.17, 15) is 9.18 Å². The topological polar surface area (TPSA) is 52.3 Å². The van der Waals surface area contributed by atoms with Crippen molar-refractivity contribution in [2.75, 3.05) is 0 Å². The molecule has 0 fully saturated rings. The van der Waals surface area contributed by atoms with E-state index in [1.54, 1.807) is 36.4 Å². The lowest BCUT2D eigenvalue weighted by molar-refractivity contribution is -0.113. The van der Waals surface area contributed by atoms with E-state index in [0.29, 0.717) is 16.3 Å². The lowest BCUT2D eigenvalue weighted by Crippen LogP contribution is -2.05. The summed E-state index contributed by atoms with van der Waals surface area (Å²) in [7, 11) is 0. The first-order chi connectivity index (χ1) is 10.1. The molecule has 0 atom stereocenters. The number of hydrogen-bond acceptors (Lipinski definition) is 2. The number of carbonyl (C=O) groups excluding carboxylic acids is 1. The first kappa shape index (κ1) is 15.1. The molecule has 0 radical (unpaired) electrons. The van der Waals surface area contributed by atoms with E-state index in [1.165, 1.54) is 18.2 Å². The van der Waals surface area contributed by atoms with Crippen molar-refractivity contribution >= 4 is 23.6 Å². The summed E-state index contributed by atoms with van der Waals surface area (Å²) in [4.78, 5) is 10.8. The van der Waals surface area contributed by atoms with E-state index in [2.05, 4.69) is 0 Å². The lowest BCUT2D eigenvalue weighted by atomic mass is 10.2. The predicted molar refractivity (Wildman–Crippen MR) is 80.4 cm³/mol. The Morgan fingerprint density at radius 2 is 2.00 bits per heavy atom. The van der Waals surface area contributed by atoms with Gasteiger partial charge in [0.1, 0.15) is 18.2 Å². The molecule has 2 N–H and O–H groups in total. The summed E-state index contributed by atoms with van der Waals surface area (Å²) < 4.78 is 19.3. The molecule has 1 amide bonds. The van der Waals surface area contributed by atoms with Gasteiger partial charge in [0.2, 0.25) is 5.91 Å². The van der Waals surface area contributed by atoms with Crippen LogP contribution in [0.5, 0.6) is 5.75 Å². The number of hydrogen-bond donors (Lipinski definition) is 1. The highest BCUT2D eigenvalue weighted by molar-refractivity contribution is 6.31. The third-order valence-corrected chi connectivity index (χ3v) is 3.13. The smallest absolute Gasteiger partial charge is 0.241 e. The fourth-order valence-corrected chi connectivity index (χ4v) is 1.96. The van der Waals surface area contributed by atoms with Gasteiger partial charge in [-0.25, -0.2) is 4.39 Å². The SMILES string of the molecule is NC(=O)/C=C\c1ccccc1OCc1c(F)cccc1Cl. The van der Waals surface area contributed by atoms with Crippen molar-refractivity contribution in [2.45, 2.75) is 6.61 Å². The zero-order valence-corrected chi connectivity index (χ0v) is 11.8. The molecule has 2 rings (SSSR count). The number of para-hydroxylation sites is 1. The molecule has 2 aromatic rings. The fraction of sp³-hybridized carbons (Fsp3) is 0.0625. The van der Waals surface area contributed by atoms with Gasteiger partial charge in [-0.2, -0.15) is 0 Å². The van der Waals surface area contributed by atoms with Crippen molar-refractivity contribution in [1.29, 1.82) is 0 Å². The Balaban J connectivity index is 2.19. The van der Waals surface area contributed by atoms with E-state index in [1.807, 2.05) is 0 Å². The van der Waals surface area contributed by atoms with Gasteiger partial charge >= 0.3 is 0 Å². The molecule has 21 heavy (non-hydrogen) atoms. The molecule has 0 aromatic heterocycles. The number of halogens is 2. The van der Waals surface area contributed by atoms with Crippen LogP contribution in [0.2, 0.25) is 5.02 Å². The second-order valence-corrected chi connectivity index (χ2v) is 4.67. The van der Waals surface area contributed by atoms with Gasteiger partial charge in [-0.05, 0) is 24.3 Å². The predicted octanol–water partition coefficient (Wildman–Crippen LogP) is 3.56. The van der Waals surface area contributed by atoms with Crippen LogP contribution in [0.15, 0.2) is 48.5 Å². The molecule has 0 unspecified atom stereocenters. The quantitative estimate of drug-likeness (QED) is 0.859. The molecule has 0 saturated heterocycles. The Morgan fingerprint density at radius 1 is 1.24 bits per heavy atom. The van der Waals surface area contributed by atoms with Crippen LogP contribution < -0.4 is 10.5 Å². The summed E-state index contributed by atoms with van der Waals surface area (Å²) in [5.41, 5.74) is 6.02. The highest BCUT2D eigenvalue weighted by Gasteiger charge is 2.08. The van der Waals surface area contributed by atoms with E-state index in [0.717, 1.165) is 0 Å². The van der Waals surface area contributed by atoms with Crippen LogP contribution in [0.4, 0.5) is 4.39 Å². The lowest BCUT2D eigenvalue weighted by Gasteiger charge is -2.11. The Labute approximate surface area is 126 Å². The van der Waals surface area contributed by atoms with Crippen LogP contribution in [-0.2, 0) is 11.4 Å². The molecule has 5 heteroatoms. The number of primary amides is 1. The number of rotatable bonds is 5. The minimum atomic E-state index is -0.554. The second-order valence-electron chi connectivity index (χ2n) is 4.26. The maximum atomic E-state index is 13.7. The summed E-state index contributed by atoms with van der Waals surface area (Å²) in [6, 6.07) is 11.5. The molecule has 0 spiro atoms. The minimum absolute atomic E-state index is 0.00701. The third-order valence-electron chi connectivity index (χ3n) is 2.78.